The van der Waals surface area contributed by atoms with Crippen LogP contribution in [0.3, 0.4) is 0 Å². The minimum absolute atomic E-state index is 0.251. The number of halogens is 1. The second-order valence-electron chi connectivity index (χ2n) is 2.39. The third kappa shape index (κ3) is 7.47. The van der Waals surface area contributed by atoms with Gasteiger partial charge in [-0.15, -0.1) is 0 Å². The van der Waals surface area contributed by atoms with Crippen molar-refractivity contribution in [2.24, 2.45) is 0 Å². The van der Waals surface area contributed by atoms with Crippen molar-refractivity contribution >= 4 is 18.2 Å². The quantitative estimate of drug-likeness (QED) is 0.498. The molecule has 80 valence electrons. The second-order valence-corrected chi connectivity index (χ2v) is 4.96. The van der Waals surface area contributed by atoms with E-state index in [4.69, 9.17) is 25.0 Å². The summed E-state index contributed by atoms with van der Waals surface area (Å²) < 4.78 is 25.9. The Balaban J connectivity index is 3.75. The molecule has 0 aromatic carbocycles. The summed E-state index contributed by atoms with van der Waals surface area (Å²) in [5.41, 5.74) is 0. The van der Waals surface area contributed by atoms with Crippen LogP contribution in [0.4, 0.5) is 0 Å². The van der Waals surface area contributed by atoms with E-state index in [9.17, 15) is 4.57 Å². The predicted octanol–water partition coefficient (Wildman–Crippen LogP) is 3.16. The highest BCUT2D eigenvalue weighted by Crippen LogP contribution is 2.54. The summed E-state index contributed by atoms with van der Waals surface area (Å²) in [6.45, 7) is 2.64. The maximum atomic E-state index is 11.2. The zero-order valence-electron chi connectivity index (χ0n) is 8.16. The first kappa shape index (κ1) is 13.4. The average Bonchev–Trinajstić information content (AvgIpc) is 1.99. The first-order chi connectivity index (χ1) is 6.02. The van der Waals surface area contributed by atoms with Crippen molar-refractivity contribution in [3.8, 4) is 0 Å². The molecule has 0 spiro atoms. The van der Waals surface area contributed by atoms with E-state index < -0.39 is 13.2 Å². The molecule has 0 rings (SSSR count). The Morgan fingerprint density at radius 2 is 2.08 bits per heavy atom. The van der Waals surface area contributed by atoms with Crippen LogP contribution in [0.25, 0.3) is 0 Å². The fraction of sp³-hybridized carbons (Fsp3) is 1.00. The molecule has 0 saturated carbocycles. The van der Waals surface area contributed by atoms with Gasteiger partial charge in [0.15, 0.2) is 6.29 Å². The lowest BCUT2D eigenvalue weighted by atomic mass is 10.5. The summed E-state index contributed by atoms with van der Waals surface area (Å²) in [4.78, 5) is 0. The molecule has 1 unspecified atom stereocenters. The van der Waals surface area contributed by atoms with E-state index >= 15 is 0 Å². The molecule has 0 saturated heterocycles. The molecule has 13 heavy (non-hydrogen) atoms. The minimum atomic E-state index is -3.44. The predicted molar refractivity (Wildman–Crippen MR) is 51.9 cm³/mol. The van der Waals surface area contributed by atoms with Crippen LogP contribution >= 0.6 is 18.2 Å². The lowest BCUT2D eigenvalue weighted by Crippen LogP contribution is -2.11. The molecule has 0 radical (unpaired) electrons. The standard InChI is InChI=1S/C7H16ClO4P/c1-4-6-10-7(3)12-13(8,9)11-5-2/h7H,4-6H2,1-3H3/t7-,13?/m0/s1. The van der Waals surface area contributed by atoms with E-state index in [1.165, 1.54) is 0 Å². The maximum absolute atomic E-state index is 11.2. The molecule has 6 heteroatoms. The van der Waals surface area contributed by atoms with Gasteiger partial charge in [-0.2, -0.15) is 0 Å². The van der Waals surface area contributed by atoms with E-state index in [2.05, 4.69) is 0 Å². The van der Waals surface area contributed by atoms with Gasteiger partial charge in [-0.1, -0.05) is 6.92 Å². The van der Waals surface area contributed by atoms with Gasteiger partial charge in [0.05, 0.1) is 6.61 Å². The Bertz CT molecular complexity index is 176. The highest BCUT2D eigenvalue weighted by molar-refractivity contribution is 7.81. The molecule has 0 aliphatic heterocycles. The van der Waals surface area contributed by atoms with Crippen LogP contribution in [0.1, 0.15) is 27.2 Å². The van der Waals surface area contributed by atoms with E-state index in [1.807, 2.05) is 6.92 Å². The molecule has 0 fully saturated rings. The molecule has 0 aliphatic carbocycles. The highest BCUT2D eigenvalue weighted by atomic mass is 35.7. The first-order valence-corrected chi connectivity index (χ1v) is 6.70. The summed E-state index contributed by atoms with van der Waals surface area (Å²) >= 11 is 5.44. The van der Waals surface area contributed by atoms with Gasteiger partial charge in [0, 0.05) is 17.8 Å². The van der Waals surface area contributed by atoms with Gasteiger partial charge in [0.25, 0.3) is 0 Å². The van der Waals surface area contributed by atoms with Crippen molar-refractivity contribution in [3.63, 3.8) is 0 Å². The van der Waals surface area contributed by atoms with Crippen molar-refractivity contribution in [2.45, 2.75) is 33.5 Å². The number of rotatable bonds is 7. The average molecular weight is 231 g/mol. The van der Waals surface area contributed by atoms with Crippen molar-refractivity contribution < 1.29 is 18.3 Å². The zero-order valence-corrected chi connectivity index (χ0v) is 9.81. The topological polar surface area (TPSA) is 44.8 Å². The molecule has 0 aromatic heterocycles. The van der Waals surface area contributed by atoms with Crippen molar-refractivity contribution in [2.75, 3.05) is 13.2 Å². The van der Waals surface area contributed by atoms with Gasteiger partial charge < -0.3 is 4.74 Å². The summed E-state index contributed by atoms with van der Waals surface area (Å²) in [6, 6.07) is 0. The highest BCUT2D eigenvalue weighted by Gasteiger charge is 2.23. The van der Waals surface area contributed by atoms with E-state index in [0.717, 1.165) is 6.42 Å². The van der Waals surface area contributed by atoms with Gasteiger partial charge in [0.2, 0.25) is 0 Å². The van der Waals surface area contributed by atoms with E-state index in [0.29, 0.717) is 6.61 Å². The Labute approximate surface area is 83.8 Å². The lowest BCUT2D eigenvalue weighted by Gasteiger charge is -2.16. The first-order valence-electron chi connectivity index (χ1n) is 4.26. The SMILES string of the molecule is CCCO[C@H](C)OP(=O)(Cl)OCC. The Morgan fingerprint density at radius 3 is 2.54 bits per heavy atom. The fourth-order valence-electron chi connectivity index (χ4n) is 0.676. The monoisotopic (exact) mass is 230 g/mol. The Morgan fingerprint density at radius 1 is 1.46 bits per heavy atom. The molecule has 0 aromatic rings. The number of ether oxygens (including phenoxy) is 1. The van der Waals surface area contributed by atoms with E-state index in [1.54, 1.807) is 13.8 Å². The number of hydrogen-bond donors (Lipinski definition) is 0. The molecular formula is C7H16ClO4P. The zero-order chi connectivity index (χ0) is 10.3. The third-order valence-electron chi connectivity index (χ3n) is 1.11. The molecule has 0 bridgehead atoms. The smallest absolute Gasteiger partial charge is 0.352 e. The molecule has 2 atom stereocenters. The molecule has 4 nitrogen and oxygen atoms in total. The summed E-state index contributed by atoms with van der Waals surface area (Å²) in [5, 5.41) is 0. The Hall–Kier alpha value is 0.400. The van der Waals surface area contributed by atoms with Crippen LogP contribution in [-0.4, -0.2) is 19.5 Å². The summed E-state index contributed by atoms with van der Waals surface area (Å²) in [6.07, 6.45) is 0.268. The normalized spacial score (nSPS) is 18.2. The van der Waals surface area contributed by atoms with E-state index in [-0.39, 0.29) is 6.61 Å². The van der Waals surface area contributed by atoms with Gasteiger partial charge in [-0.25, -0.2) is 4.57 Å². The summed E-state index contributed by atoms with van der Waals surface area (Å²) in [5.74, 6) is 0. The van der Waals surface area contributed by atoms with Crippen LogP contribution in [0.5, 0.6) is 0 Å². The van der Waals surface area contributed by atoms with Crippen molar-refractivity contribution in [1.82, 2.24) is 0 Å². The molecule has 0 heterocycles. The van der Waals surface area contributed by atoms with Crippen LogP contribution in [0, 0.1) is 0 Å². The Kier molecular flexibility index (Phi) is 7.00. The fourth-order valence-corrected chi connectivity index (χ4v) is 2.09. The molecule has 0 aliphatic rings. The number of hydrogen-bond acceptors (Lipinski definition) is 4. The maximum Gasteiger partial charge on any atom is 0.426 e. The minimum Gasteiger partial charge on any atom is -0.352 e. The van der Waals surface area contributed by atoms with Gasteiger partial charge in [-0.3, -0.25) is 9.05 Å². The lowest BCUT2D eigenvalue weighted by molar-refractivity contribution is -0.0706. The molecule has 0 N–H and O–H groups in total. The molecular weight excluding hydrogens is 214 g/mol. The van der Waals surface area contributed by atoms with Crippen LogP contribution < -0.4 is 0 Å². The van der Waals surface area contributed by atoms with Gasteiger partial charge in [-0.05, 0) is 20.3 Å². The van der Waals surface area contributed by atoms with Gasteiger partial charge in [0.1, 0.15) is 0 Å². The third-order valence-corrected chi connectivity index (χ3v) is 2.76. The van der Waals surface area contributed by atoms with Gasteiger partial charge >= 0.3 is 6.95 Å². The van der Waals surface area contributed by atoms with Crippen molar-refractivity contribution in [1.29, 1.82) is 0 Å². The van der Waals surface area contributed by atoms with Crippen molar-refractivity contribution in [3.05, 3.63) is 0 Å². The van der Waals surface area contributed by atoms with Crippen LogP contribution in [0.15, 0.2) is 0 Å². The van der Waals surface area contributed by atoms with Crippen LogP contribution in [0.2, 0.25) is 0 Å². The largest absolute Gasteiger partial charge is 0.426 e. The second kappa shape index (κ2) is 6.80. The summed E-state index contributed by atoms with van der Waals surface area (Å²) in [7, 11) is 0. The van der Waals surface area contributed by atoms with Crippen LogP contribution in [-0.2, 0) is 18.3 Å². The molecule has 0 amide bonds.